The van der Waals surface area contributed by atoms with Gasteiger partial charge in [0.1, 0.15) is 17.6 Å². The standard InChI is InChI=1S/C13H15FN2O3/c1-7(12(18)16-9-3-4-9)15-13(19)10-5-2-8(14)6-11(10)17/h2,5-7,9,17H,3-4H2,1H3,(H,15,19)(H,16,18). The Morgan fingerprint density at radius 2 is 2.11 bits per heavy atom. The summed E-state index contributed by atoms with van der Waals surface area (Å²) < 4.78 is 12.8. The van der Waals surface area contributed by atoms with Crippen molar-refractivity contribution in [1.82, 2.24) is 10.6 Å². The van der Waals surface area contributed by atoms with E-state index in [0.29, 0.717) is 0 Å². The van der Waals surface area contributed by atoms with Gasteiger partial charge in [-0.2, -0.15) is 0 Å². The predicted octanol–water partition coefficient (Wildman–Crippen LogP) is 0.928. The van der Waals surface area contributed by atoms with Crippen LogP contribution in [0.4, 0.5) is 4.39 Å². The van der Waals surface area contributed by atoms with Gasteiger partial charge in [0.15, 0.2) is 0 Å². The van der Waals surface area contributed by atoms with Gasteiger partial charge in [0.2, 0.25) is 5.91 Å². The number of hydrogen-bond acceptors (Lipinski definition) is 3. The van der Waals surface area contributed by atoms with Gasteiger partial charge in [-0.3, -0.25) is 9.59 Å². The quantitative estimate of drug-likeness (QED) is 0.758. The fraction of sp³-hybridized carbons (Fsp3) is 0.385. The van der Waals surface area contributed by atoms with Gasteiger partial charge in [0.05, 0.1) is 5.56 Å². The second kappa shape index (κ2) is 5.26. The second-order valence-electron chi connectivity index (χ2n) is 4.64. The van der Waals surface area contributed by atoms with Crippen LogP contribution in [0.1, 0.15) is 30.1 Å². The van der Waals surface area contributed by atoms with Gasteiger partial charge in [0.25, 0.3) is 5.91 Å². The Morgan fingerprint density at radius 1 is 1.42 bits per heavy atom. The number of hydrogen-bond donors (Lipinski definition) is 3. The summed E-state index contributed by atoms with van der Waals surface area (Å²) in [5, 5.41) is 14.7. The lowest BCUT2D eigenvalue weighted by Gasteiger charge is -2.14. The van der Waals surface area contributed by atoms with Gasteiger partial charge in [-0.1, -0.05) is 0 Å². The molecule has 0 aliphatic heterocycles. The maximum Gasteiger partial charge on any atom is 0.255 e. The highest BCUT2D eigenvalue weighted by molar-refractivity contribution is 5.99. The molecule has 3 N–H and O–H groups in total. The van der Waals surface area contributed by atoms with Crippen LogP contribution in [0.3, 0.4) is 0 Å². The summed E-state index contributed by atoms with van der Waals surface area (Å²) in [4.78, 5) is 23.5. The van der Waals surface area contributed by atoms with E-state index in [9.17, 15) is 19.1 Å². The van der Waals surface area contributed by atoms with Crippen molar-refractivity contribution in [3.05, 3.63) is 29.6 Å². The topological polar surface area (TPSA) is 78.4 Å². The molecule has 0 heterocycles. The van der Waals surface area contributed by atoms with Crippen LogP contribution < -0.4 is 10.6 Å². The number of aromatic hydroxyl groups is 1. The van der Waals surface area contributed by atoms with E-state index in [1.807, 2.05) is 0 Å². The van der Waals surface area contributed by atoms with Crippen LogP contribution >= 0.6 is 0 Å². The molecule has 0 saturated heterocycles. The van der Waals surface area contributed by atoms with Crippen LogP contribution in [0.5, 0.6) is 5.75 Å². The first kappa shape index (κ1) is 13.3. The monoisotopic (exact) mass is 266 g/mol. The Morgan fingerprint density at radius 3 is 2.68 bits per heavy atom. The van der Waals surface area contributed by atoms with Crippen LogP contribution in [-0.2, 0) is 4.79 Å². The molecule has 0 aromatic heterocycles. The second-order valence-corrected chi connectivity index (χ2v) is 4.64. The molecule has 1 aromatic carbocycles. The molecule has 5 nitrogen and oxygen atoms in total. The zero-order valence-electron chi connectivity index (χ0n) is 10.4. The van der Waals surface area contributed by atoms with Gasteiger partial charge in [-0.25, -0.2) is 4.39 Å². The minimum absolute atomic E-state index is 0.0625. The van der Waals surface area contributed by atoms with Crippen molar-refractivity contribution < 1.29 is 19.1 Å². The number of phenolic OH excluding ortho intramolecular Hbond substituents is 1. The minimum Gasteiger partial charge on any atom is -0.507 e. The largest absolute Gasteiger partial charge is 0.507 e. The van der Waals surface area contributed by atoms with E-state index in [0.717, 1.165) is 25.0 Å². The van der Waals surface area contributed by atoms with Gasteiger partial charge < -0.3 is 15.7 Å². The highest BCUT2D eigenvalue weighted by atomic mass is 19.1. The SMILES string of the molecule is CC(NC(=O)c1ccc(F)cc1O)C(=O)NC1CC1. The molecule has 1 atom stereocenters. The Kier molecular flexibility index (Phi) is 3.69. The number of carbonyl (C=O) groups excluding carboxylic acids is 2. The average Bonchev–Trinajstić information content (AvgIpc) is 3.12. The lowest BCUT2D eigenvalue weighted by atomic mass is 10.1. The lowest BCUT2D eigenvalue weighted by Crippen LogP contribution is -2.45. The van der Waals surface area contributed by atoms with Crippen molar-refractivity contribution in [2.75, 3.05) is 0 Å². The smallest absolute Gasteiger partial charge is 0.255 e. The van der Waals surface area contributed by atoms with Crippen molar-refractivity contribution in [2.24, 2.45) is 0 Å². The molecule has 0 radical (unpaired) electrons. The van der Waals surface area contributed by atoms with E-state index in [1.54, 1.807) is 6.92 Å². The predicted molar refractivity (Wildman–Crippen MR) is 66.2 cm³/mol. The highest BCUT2D eigenvalue weighted by Gasteiger charge is 2.26. The number of nitrogens with one attached hydrogen (secondary N) is 2. The van der Waals surface area contributed by atoms with Gasteiger partial charge in [0, 0.05) is 12.1 Å². The normalized spacial score (nSPS) is 15.7. The fourth-order valence-corrected chi connectivity index (χ4v) is 1.59. The van der Waals surface area contributed by atoms with Crippen molar-refractivity contribution in [1.29, 1.82) is 0 Å². The van der Waals surface area contributed by atoms with Crippen LogP contribution in [0.25, 0.3) is 0 Å². The molecule has 0 spiro atoms. The first-order valence-corrected chi connectivity index (χ1v) is 6.07. The molecule has 0 bridgehead atoms. The third-order valence-electron chi connectivity index (χ3n) is 2.87. The van der Waals surface area contributed by atoms with E-state index in [1.165, 1.54) is 6.07 Å². The first-order valence-electron chi connectivity index (χ1n) is 6.07. The summed E-state index contributed by atoms with van der Waals surface area (Å²) in [7, 11) is 0. The van der Waals surface area contributed by atoms with Crippen molar-refractivity contribution in [3.8, 4) is 5.75 Å². The molecule has 1 unspecified atom stereocenters. The zero-order chi connectivity index (χ0) is 14.0. The number of halogens is 1. The van der Waals surface area contributed by atoms with Gasteiger partial charge >= 0.3 is 0 Å². The number of rotatable bonds is 4. The number of carbonyl (C=O) groups is 2. The zero-order valence-corrected chi connectivity index (χ0v) is 10.4. The van der Waals surface area contributed by atoms with Crippen LogP contribution in [-0.4, -0.2) is 29.0 Å². The summed E-state index contributed by atoms with van der Waals surface area (Å²) in [5.41, 5.74) is -0.0625. The Bertz CT molecular complexity index is 515. The molecule has 1 saturated carbocycles. The van der Waals surface area contributed by atoms with Gasteiger partial charge in [-0.05, 0) is 31.9 Å². The fourth-order valence-electron chi connectivity index (χ4n) is 1.59. The summed E-state index contributed by atoms with van der Waals surface area (Å²) in [6.45, 7) is 1.55. The van der Waals surface area contributed by atoms with Gasteiger partial charge in [-0.15, -0.1) is 0 Å². The summed E-state index contributed by atoms with van der Waals surface area (Å²) >= 11 is 0. The third kappa shape index (κ3) is 3.43. The van der Waals surface area contributed by atoms with Crippen molar-refractivity contribution in [3.63, 3.8) is 0 Å². The highest BCUT2D eigenvalue weighted by Crippen LogP contribution is 2.19. The molecular weight excluding hydrogens is 251 g/mol. The molecule has 1 aliphatic rings. The molecule has 1 fully saturated rings. The van der Waals surface area contributed by atoms with Crippen LogP contribution in [0, 0.1) is 5.82 Å². The average molecular weight is 266 g/mol. The first-order chi connectivity index (χ1) is 8.97. The molecule has 1 aliphatic carbocycles. The minimum atomic E-state index is -0.711. The molecule has 2 amide bonds. The van der Waals surface area contributed by atoms with Crippen LogP contribution in [0.15, 0.2) is 18.2 Å². The number of phenols is 1. The maximum atomic E-state index is 12.8. The summed E-state index contributed by atoms with van der Waals surface area (Å²) in [5.74, 6) is -1.96. The molecule has 19 heavy (non-hydrogen) atoms. The summed E-state index contributed by atoms with van der Waals surface area (Å²) in [6, 6.07) is 2.60. The number of benzene rings is 1. The van der Waals surface area contributed by atoms with Crippen molar-refractivity contribution in [2.45, 2.75) is 31.8 Å². The molecule has 6 heteroatoms. The third-order valence-corrected chi connectivity index (χ3v) is 2.87. The molecule has 102 valence electrons. The Labute approximate surface area is 109 Å². The summed E-state index contributed by atoms with van der Waals surface area (Å²) in [6.07, 6.45) is 1.93. The number of amides is 2. The van der Waals surface area contributed by atoms with Crippen molar-refractivity contribution >= 4 is 11.8 Å². The Hall–Kier alpha value is -2.11. The van der Waals surface area contributed by atoms with Crippen LogP contribution in [0.2, 0.25) is 0 Å². The van der Waals surface area contributed by atoms with E-state index in [2.05, 4.69) is 10.6 Å². The van der Waals surface area contributed by atoms with E-state index >= 15 is 0 Å². The molecular formula is C13H15FN2O3. The molecule has 1 aromatic rings. The van der Waals surface area contributed by atoms with E-state index in [-0.39, 0.29) is 17.5 Å². The van der Waals surface area contributed by atoms with E-state index in [4.69, 9.17) is 0 Å². The van der Waals surface area contributed by atoms with E-state index < -0.39 is 23.5 Å². The molecule has 2 rings (SSSR count). The lowest BCUT2D eigenvalue weighted by molar-refractivity contribution is -0.122. The Balaban J connectivity index is 1.97. The maximum absolute atomic E-state index is 12.8.